The van der Waals surface area contributed by atoms with Crippen molar-refractivity contribution in [2.45, 2.75) is 12.5 Å². The smallest absolute Gasteiger partial charge is 0.224 e. The zero-order valence-electron chi connectivity index (χ0n) is 13.0. The van der Waals surface area contributed by atoms with Crippen molar-refractivity contribution in [1.29, 1.82) is 0 Å². The maximum atomic E-state index is 13.3. The normalized spacial score (nSPS) is 12.3. The van der Waals surface area contributed by atoms with E-state index in [0.29, 0.717) is 16.5 Å². The molecular formula is C18H15F3N2O2. The van der Waals surface area contributed by atoms with Crippen molar-refractivity contribution < 1.29 is 23.1 Å². The van der Waals surface area contributed by atoms with Crippen LogP contribution in [-0.4, -0.2) is 22.5 Å². The average molecular weight is 348 g/mol. The molecule has 1 aromatic heterocycles. The number of carbonyl (C=O) groups is 1. The Hall–Kier alpha value is -2.80. The van der Waals surface area contributed by atoms with Crippen molar-refractivity contribution in [2.75, 3.05) is 6.54 Å². The first-order chi connectivity index (χ1) is 11.9. The fourth-order valence-electron chi connectivity index (χ4n) is 2.58. The zero-order valence-corrected chi connectivity index (χ0v) is 13.0. The van der Waals surface area contributed by atoms with E-state index >= 15 is 0 Å². The molecule has 3 aromatic rings. The summed E-state index contributed by atoms with van der Waals surface area (Å²) in [4.78, 5) is 15.0. The number of hydrogen-bond acceptors (Lipinski definition) is 2. The number of H-pyrrole nitrogens is 1. The van der Waals surface area contributed by atoms with Crippen LogP contribution in [0.3, 0.4) is 0 Å². The number of aliphatic hydroxyl groups excluding tert-OH is 1. The van der Waals surface area contributed by atoms with Gasteiger partial charge in [-0.2, -0.15) is 0 Å². The molecule has 0 saturated heterocycles. The number of amides is 1. The minimum absolute atomic E-state index is 0.00600. The molecular weight excluding hydrogens is 333 g/mol. The second kappa shape index (κ2) is 6.98. The van der Waals surface area contributed by atoms with Crippen molar-refractivity contribution >= 4 is 16.8 Å². The Morgan fingerprint density at radius 3 is 2.68 bits per heavy atom. The average Bonchev–Trinajstić information content (AvgIpc) is 2.97. The first-order valence-corrected chi connectivity index (χ1v) is 7.59. The quantitative estimate of drug-likeness (QED) is 0.664. The van der Waals surface area contributed by atoms with E-state index in [1.165, 1.54) is 18.2 Å². The fraction of sp³-hybridized carbons (Fsp3) is 0.167. The van der Waals surface area contributed by atoms with Crippen LogP contribution in [0.1, 0.15) is 17.2 Å². The van der Waals surface area contributed by atoms with Gasteiger partial charge in [-0.05, 0) is 41.5 Å². The SMILES string of the molecule is O=C(Cc1c[nH]c2ccc(F)cc12)NC[C@@H](O)c1ccc(F)c(F)c1. The summed E-state index contributed by atoms with van der Waals surface area (Å²) in [6.07, 6.45) is 0.447. The first-order valence-electron chi connectivity index (χ1n) is 7.59. The fourth-order valence-corrected chi connectivity index (χ4v) is 2.58. The Kier molecular flexibility index (Phi) is 4.76. The van der Waals surface area contributed by atoms with Crippen molar-refractivity contribution in [3.63, 3.8) is 0 Å². The molecule has 1 amide bonds. The molecule has 0 radical (unpaired) electrons. The Balaban J connectivity index is 1.62. The summed E-state index contributed by atoms with van der Waals surface area (Å²) < 4.78 is 39.4. The van der Waals surface area contributed by atoms with Crippen LogP contribution in [0.5, 0.6) is 0 Å². The van der Waals surface area contributed by atoms with E-state index in [2.05, 4.69) is 10.3 Å². The van der Waals surface area contributed by atoms with Crippen molar-refractivity contribution in [3.05, 3.63) is 71.2 Å². The summed E-state index contributed by atoms with van der Waals surface area (Å²) in [5.74, 6) is -2.86. The van der Waals surface area contributed by atoms with E-state index in [-0.39, 0.29) is 24.4 Å². The molecule has 0 fully saturated rings. The number of carbonyl (C=O) groups excluding carboxylic acids is 1. The van der Waals surface area contributed by atoms with Gasteiger partial charge in [-0.1, -0.05) is 6.07 Å². The van der Waals surface area contributed by atoms with Gasteiger partial charge in [-0.15, -0.1) is 0 Å². The monoisotopic (exact) mass is 348 g/mol. The molecule has 3 N–H and O–H groups in total. The van der Waals surface area contributed by atoms with Crippen molar-refractivity contribution in [1.82, 2.24) is 10.3 Å². The largest absolute Gasteiger partial charge is 0.387 e. The summed E-state index contributed by atoms with van der Waals surface area (Å²) in [5.41, 5.74) is 1.49. The molecule has 7 heteroatoms. The number of benzene rings is 2. The van der Waals surface area contributed by atoms with Crippen LogP contribution < -0.4 is 5.32 Å². The van der Waals surface area contributed by atoms with Crippen LogP contribution in [-0.2, 0) is 11.2 Å². The highest BCUT2D eigenvalue weighted by Crippen LogP contribution is 2.20. The molecule has 25 heavy (non-hydrogen) atoms. The number of hydrogen-bond donors (Lipinski definition) is 3. The van der Waals surface area contributed by atoms with Gasteiger partial charge in [-0.25, -0.2) is 13.2 Å². The van der Waals surface area contributed by atoms with Crippen LogP contribution in [0.15, 0.2) is 42.6 Å². The Morgan fingerprint density at radius 2 is 1.92 bits per heavy atom. The standard InChI is InChI=1S/C18H15F3N2O2/c19-12-2-4-16-13(7-12)11(8-22-16)6-18(25)23-9-17(24)10-1-3-14(20)15(21)5-10/h1-5,7-8,17,22,24H,6,9H2,(H,23,25)/t17-/m1/s1. The lowest BCUT2D eigenvalue weighted by molar-refractivity contribution is -0.120. The number of halogens is 3. The molecule has 0 aliphatic carbocycles. The minimum Gasteiger partial charge on any atom is -0.387 e. The Bertz CT molecular complexity index is 924. The predicted molar refractivity (Wildman–Crippen MR) is 86.3 cm³/mol. The third kappa shape index (κ3) is 3.83. The van der Waals surface area contributed by atoms with Crippen LogP contribution in [0.4, 0.5) is 13.2 Å². The molecule has 3 rings (SSSR count). The van der Waals surface area contributed by atoms with Gasteiger partial charge >= 0.3 is 0 Å². The van der Waals surface area contributed by atoms with E-state index in [1.54, 1.807) is 12.3 Å². The Morgan fingerprint density at radius 1 is 1.12 bits per heavy atom. The lowest BCUT2D eigenvalue weighted by atomic mass is 10.1. The molecule has 130 valence electrons. The van der Waals surface area contributed by atoms with Crippen LogP contribution >= 0.6 is 0 Å². The Labute approximate surface area is 141 Å². The number of rotatable bonds is 5. The van der Waals surface area contributed by atoms with Crippen LogP contribution in [0.25, 0.3) is 10.9 Å². The van der Waals surface area contributed by atoms with Crippen molar-refractivity contribution in [3.8, 4) is 0 Å². The molecule has 1 atom stereocenters. The lowest BCUT2D eigenvalue weighted by Crippen LogP contribution is -2.29. The highest BCUT2D eigenvalue weighted by atomic mass is 19.2. The van der Waals surface area contributed by atoms with Gasteiger partial charge in [0.1, 0.15) is 5.82 Å². The van der Waals surface area contributed by atoms with Crippen LogP contribution in [0, 0.1) is 17.5 Å². The summed E-state index contributed by atoms with van der Waals surface area (Å²) in [6, 6.07) is 7.28. The van der Waals surface area contributed by atoms with Gasteiger partial charge in [0.15, 0.2) is 11.6 Å². The highest BCUT2D eigenvalue weighted by Gasteiger charge is 2.14. The summed E-state index contributed by atoms with van der Waals surface area (Å²) in [5, 5.41) is 13.1. The third-order valence-electron chi connectivity index (χ3n) is 3.90. The van der Waals surface area contributed by atoms with E-state index in [9.17, 15) is 23.1 Å². The molecule has 0 saturated carbocycles. The molecule has 0 unspecified atom stereocenters. The molecule has 1 heterocycles. The topological polar surface area (TPSA) is 65.1 Å². The maximum Gasteiger partial charge on any atom is 0.224 e. The molecule has 0 aliphatic rings. The first kappa shape index (κ1) is 17.0. The summed E-state index contributed by atoms with van der Waals surface area (Å²) in [7, 11) is 0. The number of aromatic amines is 1. The second-order valence-corrected chi connectivity index (χ2v) is 5.67. The lowest BCUT2D eigenvalue weighted by Gasteiger charge is -2.12. The van der Waals surface area contributed by atoms with Gasteiger partial charge < -0.3 is 15.4 Å². The molecule has 4 nitrogen and oxygen atoms in total. The van der Waals surface area contributed by atoms with Gasteiger partial charge in [0.05, 0.1) is 12.5 Å². The van der Waals surface area contributed by atoms with Gasteiger partial charge in [0.2, 0.25) is 5.91 Å². The maximum absolute atomic E-state index is 13.3. The number of aromatic nitrogens is 1. The van der Waals surface area contributed by atoms with E-state index in [0.717, 1.165) is 12.1 Å². The molecule has 0 spiro atoms. The molecule has 2 aromatic carbocycles. The minimum atomic E-state index is -1.17. The highest BCUT2D eigenvalue weighted by molar-refractivity contribution is 5.88. The van der Waals surface area contributed by atoms with E-state index in [4.69, 9.17) is 0 Å². The van der Waals surface area contributed by atoms with E-state index in [1.807, 2.05) is 0 Å². The number of nitrogens with one attached hydrogen (secondary N) is 2. The summed E-state index contributed by atoms with van der Waals surface area (Å²) in [6.45, 7) is -0.152. The second-order valence-electron chi connectivity index (χ2n) is 5.67. The summed E-state index contributed by atoms with van der Waals surface area (Å²) >= 11 is 0. The number of aliphatic hydroxyl groups is 1. The third-order valence-corrected chi connectivity index (χ3v) is 3.90. The number of fused-ring (bicyclic) bond motifs is 1. The van der Waals surface area contributed by atoms with Crippen LogP contribution in [0.2, 0.25) is 0 Å². The van der Waals surface area contributed by atoms with E-state index < -0.39 is 23.6 Å². The van der Waals surface area contributed by atoms with Gasteiger partial charge in [-0.3, -0.25) is 4.79 Å². The van der Waals surface area contributed by atoms with Gasteiger partial charge in [0, 0.05) is 23.6 Å². The van der Waals surface area contributed by atoms with Gasteiger partial charge in [0.25, 0.3) is 0 Å². The predicted octanol–water partition coefficient (Wildman–Crippen LogP) is 2.98. The molecule has 0 bridgehead atoms. The van der Waals surface area contributed by atoms with Crippen molar-refractivity contribution in [2.24, 2.45) is 0 Å². The zero-order chi connectivity index (χ0) is 18.0. The molecule has 0 aliphatic heterocycles.